The average Bonchev–Trinajstić information content (AvgIpc) is 2.25. The Kier molecular flexibility index (Phi) is 4.25. The van der Waals surface area contributed by atoms with Gasteiger partial charge in [-0.05, 0) is 25.0 Å². The van der Waals surface area contributed by atoms with E-state index in [-0.39, 0.29) is 24.1 Å². The molecule has 1 atom stereocenters. The van der Waals surface area contributed by atoms with Crippen molar-refractivity contribution in [3.05, 3.63) is 33.9 Å². The van der Waals surface area contributed by atoms with Crippen molar-refractivity contribution in [1.29, 1.82) is 0 Å². The molecule has 16 heavy (non-hydrogen) atoms. The van der Waals surface area contributed by atoms with Crippen LogP contribution in [0.3, 0.4) is 0 Å². The van der Waals surface area contributed by atoms with Crippen LogP contribution in [0.25, 0.3) is 0 Å². The first-order valence-electron chi connectivity index (χ1n) is 5.20. The van der Waals surface area contributed by atoms with Crippen LogP contribution in [0.5, 0.6) is 5.75 Å². The maximum Gasteiger partial charge on any atom is 0.311 e. The minimum Gasteiger partial charge on any atom is -0.485 e. The molecule has 0 aliphatic carbocycles. The van der Waals surface area contributed by atoms with Crippen molar-refractivity contribution in [2.24, 2.45) is 5.73 Å². The number of ether oxygens (including phenoxy) is 1. The van der Waals surface area contributed by atoms with Crippen molar-refractivity contribution in [3.63, 3.8) is 0 Å². The number of hydrogen-bond donors (Lipinski definition) is 1. The van der Waals surface area contributed by atoms with Crippen molar-refractivity contribution in [3.8, 4) is 5.75 Å². The summed E-state index contributed by atoms with van der Waals surface area (Å²) >= 11 is 0. The molecule has 0 bridgehead atoms. The third kappa shape index (κ3) is 3.20. The van der Waals surface area contributed by atoms with Gasteiger partial charge in [-0.25, -0.2) is 0 Å². The summed E-state index contributed by atoms with van der Waals surface area (Å²) in [5.74, 6) is 0.277. The highest BCUT2D eigenvalue weighted by atomic mass is 16.6. The molecule has 0 aromatic heterocycles. The lowest BCUT2D eigenvalue weighted by molar-refractivity contribution is -0.385. The molecule has 0 fully saturated rings. The number of rotatable bonds is 5. The van der Waals surface area contributed by atoms with Crippen LogP contribution in [0.15, 0.2) is 18.2 Å². The van der Waals surface area contributed by atoms with Crippen LogP contribution < -0.4 is 10.5 Å². The van der Waals surface area contributed by atoms with Gasteiger partial charge in [-0.2, -0.15) is 0 Å². The molecule has 1 aromatic rings. The summed E-state index contributed by atoms with van der Waals surface area (Å²) in [6.07, 6.45) is 0.758. The van der Waals surface area contributed by atoms with Gasteiger partial charge in [0, 0.05) is 12.1 Å². The maximum atomic E-state index is 10.8. The van der Waals surface area contributed by atoms with Crippen LogP contribution in [-0.2, 0) is 6.42 Å². The second-order valence-corrected chi connectivity index (χ2v) is 3.70. The number of benzene rings is 1. The van der Waals surface area contributed by atoms with Gasteiger partial charge >= 0.3 is 5.69 Å². The smallest absolute Gasteiger partial charge is 0.311 e. The molecule has 0 amide bonds. The van der Waals surface area contributed by atoms with E-state index < -0.39 is 4.92 Å². The highest BCUT2D eigenvalue weighted by molar-refractivity contribution is 5.48. The van der Waals surface area contributed by atoms with E-state index in [1.54, 1.807) is 13.0 Å². The van der Waals surface area contributed by atoms with Crippen molar-refractivity contribution in [1.82, 2.24) is 0 Å². The number of nitrogens with zero attached hydrogens (tertiary/aromatic N) is 1. The first kappa shape index (κ1) is 12.4. The summed E-state index contributed by atoms with van der Waals surface area (Å²) in [5.41, 5.74) is 6.44. The van der Waals surface area contributed by atoms with E-state index >= 15 is 0 Å². The molecule has 0 saturated carbocycles. The zero-order valence-electron chi connectivity index (χ0n) is 9.47. The lowest BCUT2D eigenvalue weighted by Crippen LogP contribution is -2.23. The lowest BCUT2D eigenvalue weighted by Gasteiger charge is -2.09. The summed E-state index contributed by atoms with van der Waals surface area (Å²) in [7, 11) is 0. The molecule has 1 unspecified atom stereocenters. The van der Waals surface area contributed by atoms with Gasteiger partial charge in [0.2, 0.25) is 0 Å². The van der Waals surface area contributed by atoms with E-state index in [0.717, 1.165) is 12.0 Å². The summed E-state index contributed by atoms with van der Waals surface area (Å²) in [6.45, 7) is 4.00. The number of nitrogens with two attached hydrogens (primary N) is 1. The first-order chi connectivity index (χ1) is 7.54. The van der Waals surface area contributed by atoms with Crippen molar-refractivity contribution >= 4 is 5.69 Å². The second kappa shape index (κ2) is 5.46. The normalized spacial score (nSPS) is 12.2. The number of nitro benzene ring substituents is 1. The van der Waals surface area contributed by atoms with Crippen LogP contribution in [0, 0.1) is 10.1 Å². The lowest BCUT2D eigenvalue weighted by atomic mass is 10.1. The topological polar surface area (TPSA) is 78.4 Å². The fourth-order valence-corrected chi connectivity index (χ4v) is 1.27. The van der Waals surface area contributed by atoms with Gasteiger partial charge in [0.15, 0.2) is 5.75 Å². The minimum atomic E-state index is -0.435. The van der Waals surface area contributed by atoms with Gasteiger partial charge in [-0.3, -0.25) is 10.1 Å². The molecule has 2 N–H and O–H groups in total. The zero-order chi connectivity index (χ0) is 12.1. The third-order valence-corrected chi connectivity index (χ3v) is 2.13. The Balaban J connectivity index is 2.94. The number of nitro groups is 1. The first-order valence-corrected chi connectivity index (χ1v) is 5.20. The molecule has 0 heterocycles. The molecular formula is C11H16N2O3. The largest absolute Gasteiger partial charge is 0.485 e. The molecule has 88 valence electrons. The van der Waals surface area contributed by atoms with Gasteiger partial charge in [-0.1, -0.05) is 13.0 Å². The molecule has 0 aliphatic heterocycles. The Labute approximate surface area is 94.4 Å². The fourth-order valence-electron chi connectivity index (χ4n) is 1.27. The van der Waals surface area contributed by atoms with Gasteiger partial charge in [0.05, 0.1) is 4.92 Å². The standard InChI is InChI=1S/C11H16N2O3/c1-3-9-4-5-11(16-7-8(2)12)10(6-9)13(14)15/h4-6,8H,3,7,12H2,1-2H3. The summed E-state index contributed by atoms with van der Waals surface area (Å²) in [5, 5.41) is 10.8. The maximum absolute atomic E-state index is 10.8. The molecule has 1 aromatic carbocycles. The quantitative estimate of drug-likeness (QED) is 0.611. The Morgan fingerprint density at radius 1 is 1.56 bits per heavy atom. The van der Waals surface area contributed by atoms with E-state index in [1.165, 1.54) is 6.07 Å². The van der Waals surface area contributed by atoms with Crippen molar-refractivity contribution < 1.29 is 9.66 Å². The van der Waals surface area contributed by atoms with Crippen LogP contribution in [0.2, 0.25) is 0 Å². The zero-order valence-corrected chi connectivity index (χ0v) is 9.47. The van der Waals surface area contributed by atoms with E-state index in [1.807, 2.05) is 13.0 Å². The average molecular weight is 224 g/mol. The Bertz CT molecular complexity index is 377. The van der Waals surface area contributed by atoms with Crippen LogP contribution in [-0.4, -0.2) is 17.6 Å². The molecule has 0 spiro atoms. The van der Waals surface area contributed by atoms with E-state index in [2.05, 4.69) is 0 Å². The molecule has 0 saturated heterocycles. The summed E-state index contributed by atoms with van der Waals surface area (Å²) in [6, 6.07) is 4.84. The molecular weight excluding hydrogens is 208 g/mol. The molecule has 5 heteroatoms. The predicted octanol–water partition coefficient (Wildman–Crippen LogP) is 1.88. The molecule has 0 radical (unpaired) electrons. The van der Waals surface area contributed by atoms with Gasteiger partial charge in [-0.15, -0.1) is 0 Å². The Hall–Kier alpha value is -1.62. The minimum absolute atomic E-state index is 0.000000000000000444. The second-order valence-electron chi connectivity index (χ2n) is 3.70. The van der Waals surface area contributed by atoms with Crippen LogP contribution >= 0.6 is 0 Å². The Morgan fingerprint density at radius 2 is 2.25 bits per heavy atom. The van der Waals surface area contributed by atoms with Gasteiger partial charge < -0.3 is 10.5 Å². The molecule has 1 rings (SSSR count). The summed E-state index contributed by atoms with van der Waals surface area (Å²) < 4.78 is 5.29. The fraction of sp³-hybridized carbons (Fsp3) is 0.455. The third-order valence-electron chi connectivity index (χ3n) is 2.13. The van der Waals surface area contributed by atoms with E-state index in [0.29, 0.717) is 0 Å². The van der Waals surface area contributed by atoms with Gasteiger partial charge in [0.1, 0.15) is 6.61 Å². The Morgan fingerprint density at radius 3 is 2.75 bits per heavy atom. The molecule has 5 nitrogen and oxygen atoms in total. The highest BCUT2D eigenvalue weighted by Crippen LogP contribution is 2.28. The summed E-state index contributed by atoms with van der Waals surface area (Å²) in [4.78, 5) is 10.4. The number of hydrogen-bond acceptors (Lipinski definition) is 4. The van der Waals surface area contributed by atoms with Gasteiger partial charge in [0.25, 0.3) is 0 Å². The van der Waals surface area contributed by atoms with E-state index in [9.17, 15) is 10.1 Å². The van der Waals surface area contributed by atoms with E-state index in [4.69, 9.17) is 10.5 Å². The SMILES string of the molecule is CCc1ccc(OCC(C)N)c([N+](=O)[O-])c1. The predicted molar refractivity (Wildman–Crippen MR) is 61.6 cm³/mol. The van der Waals surface area contributed by atoms with Crippen LogP contribution in [0.4, 0.5) is 5.69 Å². The number of aryl methyl sites for hydroxylation is 1. The van der Waals surface area contributed by atoms with Crippen molar-refractivity contribution in [2.45, 2.75) is 26.3 Å². The van der Waals surface area contributed by atoms with Crippen molar-refractivity contribution in [2.75, 3.05) is 6.61 Å². The highest BCUT2D eigenvalue weighted by Gasteiger charge is 2.15. The monoisotopic (exact) mass is 224 g/mol. The molecule has 0 aliphatic rings. The van der Waals surface area contributed by atoms with Crippen LogP contribution in [0.1, 0.15) is 19.4 Å².